The lowest BCUT2D eigenvalue weighted by Crippen LogP contribution is -2.55. The van der Waals surface area contributed by atoms with Crippen molar-refractivity contribution in [3.63, 3.8) is 0 Å². The van der Waals surface area contributed by atoms with Gasteiger partial charge < -0.3 is 15.1 Å². The molecular weight excluding hydrogens is 162 g/mol. The van der Waals surface area contributed by atoms with E-state index < -0.39 is 12.2 Å². The van der Waals surface area contributed by atoms with Gasteiger partial charge in [-0.15, -0.1) is 0 Å². The number of β-amino-alcohol motifs (C(OH)–C–C–N with tert-alkyl or cyclic N) is 1. The third-order valence-corrected chi connectivity index (χ3v) is 2.07. The summed E-state index contributed by atoms with van der Waals surface area (Å²) in [7, 11) is 0. The number of nitrogens with zero attached hydrogens (tertiary/aromatic N) is 1. The van der Waals surface area contributed by atoms with Crippen LogP contribution in [0.25, 0.3) is 0 Å². The lowest BCUT2D eigenvalue weighted by molar-refractivity contribution is 0.0414. The van der Waals surface area contributed by atoms with Crippen LogP contribution in [0.4, 0.5) is 4.79 Å². The first kappa shape index (κ1) is 9.24. The van der Waals surface area contributed by atoms with E-state index >= 15 is 0 Å². The number of nitrogens with one attached hydrogen (secondary N) is 1. The number of carboxylic acid groups (broad SMARTS) is 1. The maximum absolute atomic E-state index is 10.5. The second-order valence-electron chi connectivity index (χ2n) is 2.86. The number of rotatable bonds is 1. The van der Waals surface area contributed by atoms with Crippen molar-refractivity contribution in [1.82, 2.24) is 10.3 Å². The largest absolute Gasteiger partial charge is 0.465 e. The van der Waals surface area contributed by atoms with Crippen molar-refractivity contribution in [3.05, 3.63) is 0 Å². The molecule has 5 N–H and O–H groups in total. The summed E-state index contributed by atoms with van der Waals surface area (Å²) in [5.74, 6) is 5.14. The average molecular weight is 175 g/mol. The molecule has 2 unspecified atom stereocenters. The number of likely N-dealkylation sites (tertiary alicyclic amines) is 1. The van der Waals surface area contributed by atoms with Crippen molar-refractivity contribution in [3.8, 4) is 0 Å². The Morgan fingerprint density at radius 3 is 2.75 bits per heavy atom. The molecule has 1 aliphatic rings. The second-order valence-corrected chi connectivity index (χ2v) is 2.86. The highest BCUT2D eigenvalue weighted by atomic mass is 16.4. The van der Waals surface area contributed by atoms with Crippen molar-refractivity contribution in [1.29, 1.82) is 0 Å². The first-order chi connectivity index (χ1) is 5.65. The molecular formula is C6H13N3O3. The Hall–Kier alpha value is -0.850. The van der Waals surface area contributed by atoms with E-state index in [1.165, 1.54) is 4.90 Å². The van der Waals surface area contributed by atoms with E-state index in [1.807, 2.05) is 0 Å². The highest BCUT2D eigenvalue weighted by Crippen LogP contribution is 2.09. The molecule has 0 aromatic rings. The van der Waals surface area contributed by atoms with E-state index in [0.29, 0.717) is 13.0 Å². The minimum Gasteiger partial charge on any atom is -0.465 e. The standard InChI is InChI=1S/C6H13N3O3/c7-8-4-1-2-9(6(11)12)3-5(4)10/h4-5,8,10H,1-3,7H2,(H,11,12). The van der Waals surface area contributed by atoms with Gasteiger partial charge in [0.1, 0.15) is 0 Å². The minimum atomic E-state index is -0.996. The van der Waals surface area contributed by atoms with Crippen LogP contribution in [0.2, 0.25) is 0 Å². The molecule has 0 aromatic heterocycles. The van der Waals surface area contributed by atoms with Crippen LogP contribution < -0.4 is 11.3 Å². The van der Waals surface area contributed by atoms with Gasteiger partial charge in [-0.05, 0) is 6.42 Å². The molecule has 1 saturated heterocycles. The normalized spacial score (nSPS) is 30.3. The number of hydrogen-bond donors (Lipinski definition) is 4. The zero-order chi connectivity index (χ0) is 9.14. The third-order valence-electron chi connectivity index (χ3n) is 2.07. The summed E-state index contributed by atoms with van der Waals surface area (Å²) < 4.78 is 0. The molecule has 0 saturated carbocycles. The Balaban J connectivity index is 2.46. The monoisotopic (exact) mass is 175 g/mol. The molecule has 1 amide bonds. The Morgan fingerprint density at radius 2 is 2.33 bits per heavy atom. The summed E-state index contributed by atoms with van der Waals surface area (Å²) in [5.41, 5.74) is 2.44. The molecule has 12 heavy (non-hydrogen) atoms. The number of piperidine rings is 1. The van der Waals surface area contributed by atoms with Crippen LogP contribution in [0.15, 0.2) is 0 Å². The van der Waals surface area contributed by atoms with Gasteiger partial charge in [-0.1, -0.05) is 0 Å². The SMILES string of the molecule is NNC1CCN(C(=O)O)CC1O. The molecule has 0 spiro atoms. The molecule has 1 rings (SSSR count). The van der Waals surface area contributed by atoms with Crippen LogP contribution >= 0.6 is 0 Å². The molecule has 6 heteroatoms. The quantitative estimate of drug-likeness (QED) is 0.289. The number of aliphatic hydroxyl groups excluding tert-OH is 1. The number of carbonyl (C=O) groups is 1. The van der Waals surface area contributed by atoms with Crippen molar-refractivity contribution in [2.45, 2.75) is 18.6 Å². The molecule has 1 fully saturated rings. The summed E-state index contributed by atoms with van der Waals surface area (Å²) in [6.45, 7) is 0.547. The predicted octanol–water partition coefficient (Wildman–Crippen LogP) is -1.44. The molecule has 0 aliphatic carbocycles. The fourth-order valence-electron chi connectivity index (χ4n) is 1.30. The van der Waals surface area contributed by atoms with Gasteiger partial charge in [0.2, 0.25) is 0 Å². The number of aliphatic hydroxyl groups is 1. The number of nitrogens with two attached hydrogens (primary N) is 1. The first-order valence-corrected chi connectivity index (χ1v) is 3.77. The van der Waals surface area contributed by atoms with Crippen LogP contribution in [-0.2, 0) is 0 Å². The Labute approximate surface area is 69.9 Å². The Bertz CT molecular complexity index is 175. The highest BCUT2D eigenvalue weighted by Gasteiger charge is 2.28. The van der Waals surface area contributed by atoms with Crippen molar-refractivity contribution < 1.29 is 15.0 Å². The fourth-order valence-corrected chi connectivity index (χ4v) is 1.30. The first-order valence-electron chi connectivity index (χ1n) is 3.77. The molecule has 70 valence electrons. The van der Waals surface area contributed by atoms with Gasteiger partial charge in [0.15, 0.2) is 0 Å². The minimum absolute atomic E-state index is 0.129. The molecule has 6 nitrogen and oxygen atoms in total. The van der Waals surface area contributed by atoms with Gasteiger partial charge in [0.25, 0.3) is 0 Å². The zero-order valence-electron chi connectivity index (χ0n) is 6.60. The second kappa shape index (κ2) is 3.70. The lowest BCUT2D eigenvalue weighted by atomic mass is 10.0. The van der Waals surface area contributed by atoms with Crippen molar-refractivity contribution in [2.75, 3.05) is 13.1 Å². The van der Waals surface area contributed by atoms with E-state index in [4.69, 9.17) is 10.9 Å². The Kier molecular flexibility index (Phi) is 2.85. The third kappa shape index (κ3) is 1.84. The molecule has 0 radical (unpaired) electrons. The average Bonchev–Trinajstić information content (AvgIpc) is 2.04. The molecule has 0 bridgehead atoms. The zero-order valence-corrected chi connectivity index (χ0v) is 6.60. The van der Waals surface area contributed by atoms with E-state index in [0.717, 1.165) is 0 Å². The maximum atomic E-state index is 10.5. The predicted molar refractivity (Wildman–Crippen MR) is 41.3 cm³/mol. The molecule has 0 aromatic carbocycles. The number of amides is 1. The molecule has 1 aliphatic heterocycles. The molecule has 1 heterocycles. The lowest BCUT2D eigenvalue weighted by Gasteiger charge is -2.33. The summed E-state index contributed by atoms with van der Waals surface area (Å²) in [6, 6.07) is -0.194. The fraction of sp³-hybridized carbons (Fsp3) is 0.833. The van der Waals surface area contributed by atoms with E-state index in [-0.39, 0.29) is 12.6 Å². The van der Waals surface area contributed by atoms with Gasteiger partial charge in [-0.2, -0.15) is 0 Å². The number of hydrazine groups is 1. The van der Waals surface area contributed by atoms with Crippen LogP contribution in [0.1, 0.15) is 6.42 Å². The maximum Gasteiger partial charge on any atom is 0.407 e. The van der Waals surface area contributed by atoms with E-state index in [9.17, 15) is 9.90 Å². The van der Waals surface area contributed by atoms with E-state index in [1.54, 1.807) is 0 Å². The van der Waals surface area contributed by atoms with Crippen LogP contribution in [-0.4, -0.2) is 46.4 Å². The van der Waals surface area contributed by atoms with Gasteiger partial charge >= 0.3 is 6.09 Å². The van der Waals surface area contributed by atoms with E-state index in [2.05, 4.69) is 5.43 Å². The Morgan fingerprint density at radius 1 is 1.67 bits per heavy atom. The van der Waals surface area contributed by atoms with Crippen LogP contribution in [0.5, 0.6) is 0 Å². The van der Waals surface area contributed by atoms with Gasteiger partial charge in [-0.3, -0.25) is 11.3 Å². The summed E-state index contributed by atoms with van der Waals surface area (Å²) in [5, 5.41) is 17.9. The molecule has 2 atom stereocenters. The summed E-state index contributed by atoms with van der Waals surface area (Å²) >= 11 is 0. The van der Waals surface area contributed by atoms with Crippen molar-refractivity contribution >= 4 is 6.09 Å². The van der Waals surface area contributed by atoms with Crippen LogP contribution in [0.3, 0.4) is 0 Å². The van der Waals surface area contributed by atoms with Gasteiger partial charge in [0, 0.05) is 6.54 Å². The smallest absolute Gasteiger partial charge is 0.407 e. The summed E-state index contributed by atoms with van der Waals surface area (Å²) in [4.78, 5) is 11.6. The summed E-state index contributed by atoms with van der Waals surface area (Å²) in [6.07, 6.45) is -1.16. The van der Waals surface area contributed by atoms with Crippen molar-refractivity contribution in [2.24, 2.45) is 5.84 Å². The van der Waals surface area contributed by atoms with Gasteiger partial charge in [-0.25, -0.2) is 4.79 Å². The topological polar surface area (TPSA) is 98.8 Å². The van der Waals surface area contributed by atoms with Crippen LogP contribution in [0, 0.1) is 0 Å². The highest BCUT2D eigenvalue weighted by molar-refractivity contribution is 5.65. The van der Waals surface area contributed by atoms with Gasteiger partial charge in [0.05, 0.1) is 18.7 Å². The number of hydrogen-bond acceptors (Lipinski definition) is 4.